The molecule has 1 aromatic heterocycles. The van der Waals surface area contributed by atoms with Gasteiger partial charge in [-0.05, 0) is 36.8 Å². The number of halogens is 1. The first-order chi connectivity index (χ1) is 10.5. The standard InChI is InChI=1S/C16H15FN2O3/c1-11-2-5-13(9-18-11)16(21)22-10-15(20)19-8-12-3-6-14(17)7-4-12/h2-7,9H,8,10H2,1H3,(H,19,20). The van der Waals surface area contributed by atoms with Gasteiger partial charge in [0.2, 0.25) is 0 Å². The second-order valence-electron chi connectivity index (χ2n) is 4.67. The lowest BCUT2D eigenvalue weighted by atomic mass is 10.2. The summed E-state index contributed by atoms with van der Waals surface area (Å²) >= 11 is 0. The average Bonchev–Trinajstić information content (AvgIpc) is 2.52. The van der Waals surface area contributed by atoms with E-state index in [0.717, 1.165) is 11.3 Å². The van der Waals surface area contributed by atoms with E-state index in [9.17, 15) is 14.0 Å². The number of hydrogen-bond donors (Lipinski definition) is 1. The van der Waals surface area contributed by atoms with Crippen LogP contribution in [0.25, 0.3) is 0 Å². The SMILES string of the molecule is Cc1ccc(C(=O)OCC(=O)NCc2ccc(F)cc2)cn1. The number of aryl methyl sites for hydroxylation is 1. The van der Waals surface area contributed by atoms with Gasteiger partial charge in [0.15, 0.2) is 6.61 Å². The van der Waals surface area contributed by atoms with Gasteiger partial charge >= 0.3 is 5.97 Å². The first-order valence-corrected chi connectivity index (χ1v) is 6.65. The Morgan fingerprint density at radius 1 is 1.18 bits per heavy atom. The highest BCUT2D eigenvalue weighted by Crippen LogP contribution is 2.03. The maximum atomic E-state index is 12.7. The van der Waals surface area contributed by atoms with Gasteiger partial charge in [-0.15, -0.1) is 0 Å². The van der Waals surface area contributed by atoms with Gasteiger partial charge in [-0.1, -0.05) is 12.1 Å². The molecule has 0 aliphatic rings. The van der Waals surface area contributed by atoms with E-state index in [1.54, 1.807) is 31.2 Å². The topological polar surface area (TPSA) is 68.3 Å². The van der Waals surface area contributed by atoms with Crippen LogP contribution in [0.3, 0.4) is 0 Å². The summed E-state index contributed by atoms with van der Waals surface area (Å²) in [6.07, 6.45) is 1.40. The van der Waals surface area contributed by atoms with Crippen LogP contribution in [0.2, 0.25) is 0 Å². The van der Waals surface area contributed by atoms with Gasteiger partial charge in [0.05, 0.1) is 5.56 Å². The predicted octanol–water partition coefficient (Wildman–Crippen LogP) is 2.00. The number of carbonyl (C=O) groups is 2. The van der Waals surface area contributed by atoms with Crippen LogP contribution in [0.15, 0.2) is 42.6 Å². The van der Waals surface area contributed by atoms with E-state index in [1.165, 1.54) is 18.3 Å². The third-order valence-electron chi connectivity index (χ3n) is 2.88. The summed E-state index contributed by atoms with van der Waals surface area (Å²) < 4.78 is 17.6. The normalized spacial score (nSPS) is 10.1. The summed E-state index contributed by atoms with van der Waals surface area (Å²) in [5.41, 5.74) is 1.83. The first-order valence-electron chi connectivity index (χ1n) is 6.65. The summed E-state index contributed by atoms with van der Waals surface area (Å²) in [5.74, 6) is -1.38. The zero-order valence-electron chi connectivity index (χ0n) is 12.0. The number of esters is 1. The molecule has 0 aliphatic heterocycles. The Hall–Kier alpha value is -2.76. The minimum Gasteiger partial charge on any atom is -0.452 e. The number of hydrogen-bond acceptors (Lipinski definition) is 4. The molecule has 0 radical (unpaired) electrons. The number of benzene rings is 1. The number of nitrogens with one attached hydrogen (secondary N) is 1. The fraction of sp³-hybridized carbons (Fsp3) is 0.188. The van der Waals surface area contributed by atoms with Crippen LogP contribution in [0.4, 0.5) is 4.39 Å². The first kappa shape index (κ1) is 15.6. The number of nitrogens with zero attached hydrogens (tertiary/aromatic N) is 1. The lowest BCUT2D eigenvalue weighted by Crippen LogP contribution is -2.28. The quantitative estimate of drug-likeness (QED) is 0.858. The molecule has 0 fully saturated rings. The highest BCUT2D eigenvalue weighted by Gasteiger charge is 2.10. The summed E-state index contributed by atoms with van der Waals surface area (Å²) in [4.78, 5) is 27.3. The fourth-order valence-electron chi connectivity index (χ4n) is 1.66. The van der Waals surface area contributed by atoms with Gasteiger partial charge < -0.3 is 10.1 Å². The van der Waals surface area contributed by atoms with E-state index in [0.29, 0.717) is 0 Å². The molecule has 114 valence electrons. The molecule has 6 heteroatoms. The molecule has 1 aromatic carbocycles. The molecule has 1 heterocycles. The summed E-state index contributed by atoms with van der Waals surface area (Å²) in [6, 6.07) is 9.03. The van der Waals surface area contributed by atoms with Crippen LogP contribution in [0.1, 0.15) is 21.6 Å². The van der Waals surface area contributed by atoms with Crippen molar-refractivity contribution in [3.63, 3.8) is 0 Å². The van der Waals surface area contributed by atoms with Crippen LogP contribution < -0.4 is 5.32 Å². The van der Waals surface area contributed by atoms with Crippen LogP contribution in [-0.4, -0.2) is 23.5 Å². The molecule has 0 bridgehead atoms. The Labute approximate surface area is 127 Å². The molecule has 2 rings (SSSR count). The van der Waals surface area contributed by atoms with Gasteiger partial charge in [0, 0.05) is 18.4 Å². The second kappa shape index (κ2) is 7.31. The van der Waals surface area contributed by atoms with Crippen molar-refractivity contribution in [2.45, 2.75) is 13.5 Å². The van der Waals surface area contributed by atoms with Crippen molar-refractivity contribution in [2.75, 3.05) is 6.61 Å². The lowest BCUT2D eigenvalue weighted by Gasteiger charge is -2.07. The number of carbonyl (C=O) groups excluding carboxylic acids is 2. The molecule has 0 aliphatic carbocycles. The van der Waals surface area contributed by atoms with Crippen molar-refractivity contribution in [1.82, 2.24) is 10.3 Å². The van der Waals surface area contributed by atoms with Crippen LogP contribution in [-0.2, 0) is 16.1 Å². The molecule has 0 saturated carbocycles. The average molecular weight is 302 g/mol. The number of aromatic nitrogens is 1. The summed E-state index contributed by atoms with van der Waals surface area (Å²) in [5, 5.41) is 2.58. The zero-order chi connectivity index (χ0) is 15.9. The molecule has 5 nitrogen and oxygen atoms in total. The van der Waals surface area contributed by atoms with Gasteiger partial charge in [0.25, 0.3) is 5.91 Å². The van der Waals surface area contributed by atoms with E-state index in [2.05, 4.69) is 10.3 Å². The Morgan fingerprint density at radius 3 is 2.55 bits per heavy atom. The minimum atomic E-state index is -0.607. The maximum Gasteiger partial charge on any atom is 0.340 e. The van der Waals surface area contributed by atoms with E-state index < -0.39 is 11.9 Å². The summed E-state index contributed by atoms with van der Waals surface area (Å²) in [6.45, 7) is 1.66. The molecule has 0 atom stereocenters. The molecular weight excluding hydrogens is 287 g/mol. The van der Waals surface area contributed by atoms with E-state index in [4.69, 9.17) is 4.74 Å². The van der Waals surface area contributed by atoms with Crippen molar-refractivity contribution < 1.29 is 18.7 Å². The van der Waals surface area contributed by atoms with Crippen molar-refractivity contribution in [3.05, 3.63) is 65.2 Å². The second-order valence-corrected chi connectivity index (χ2v) is 4.67. The van der Waals surface area contributed by atoms with Crippen molar-refractivity contribution >= 4 is 11.9 Å². The largest absolute Gasteiger partial charge is 0.452 e. The van der Waals surface area contributed by atoms with Crippen molar-refractivity contribution in [3.8, 4) is 0 Å². The number of ether oxygens (including phenoxy) is 1. The van der Waals surface area contributed by atoms with Crippen LogP contribution >= 0.6 is 0 Å². The van der Waals surface area contributed by atoms with Crippen LogP contribution in [0.5, 0.6) is 0 Å². The van der Waals surface area contributed by atoms with Gasteiger partial charge in [-0.25, -0.2) is 9.18 Å². The Bertz CT molecular complexity index is 654. The Morgan fingerprint density at radius 2 is 1.91 bits per heavy atom. The van der Waals surface area contributed by atoms with Gasteiger partial charge in [-0.3, -0.25) is 9.78 Å². The molecule has 0 saturated heterocycles. The van der Waals surface area contributed by atoms with Gasteiger partial charge in [-0.2, -0.15) is 0 Å². The number of amides is 1. The van der Waals surface area contributed by atoms with Crippen molar-refractivity contribution in [1.29, 1.82) is 0 Å². The Balaban J connectivity index is 1.76. The molecule has 22 heavy (non-hydrogen) atoms. The minimum absolute atomic E-state index is 0.239. The lowest BCUT2D eigenvalue weighted by molar-refractivity contribution is -0.124. The highest BCUT2D eigenvalue weighted by molar-refractivity contribution is 5.90. The Kier molecular flexibility index (Phi) is 5.19. The predicted molar refractivity (Wildman–Crippen MR) is 77.5 cm³/mol. The van der Waals surface area contributed by atoms with Gasteiger partial charge in [0.1, 0.15) is 5.82 Å². The number of pyridine rings is 1. The molecule has 0 unspecified atom stereocenters. The molecule has 1 amide bonds. The molecular formula is C16H15FN2O3. The maximum absolute atomic E-state index is 12.7. The van der Waals surface area contributed by atoms with Crippen LogP contribution in [0, 0.1) is 12.7 Å². The molecule has 1 N–H and O–H groups in total. The third kappa shape index (κ3) is 4.66. The van der Waals surface area contributed by atoms with E-state index >= 15 is 0 Å². The van der Waals surface area contributed by atoms with E-state index in [-0.39, 0.29) is 24.5 Å². The third-order valence-corrected chi connectivity index (χ3v) is 2.88. The zero-order valence-corrected chi connectivity index (χ0v) is 12.0. The highest BCUT2D eigenvalue weighted by atomic mass is 19.1. The monoisotopic (exact) mass is 302 g/mol. The molecule has 2 aromatic rings. The van der Waals surface area contributed by atoms with E-state index in [1.807, 2.05) is 0 Å². The number of rotatable bonds is 5. The fourth-order valence-corrected chi connectivity index (χ4v) is 1.66. The summed E-state index contributed by atoms with van der Waals surface area (Å²) in [7, 11) is 0. The molecule has 0 spiro atoms. The smallest absolute Gasteiger partial charge is 0.340 e. The van der Waals surface area contributed by atoms with Crippen molar-refractivity contribution in [2.24, 2.45) is 0 Å².